The van der Waals surface area contributed by atoms with Crippen LogP contribution in [0.3, 0.4) is 0 Å². The van der Waals surface area contributed by atoms with Crippen molar-refractivity contribution in [3.05, 3.63) is 42.5 Å². The first-order valence-electron chi connectivity index (χ1n) is 6.95. The molecule has 2 aromatic rings. The van der Waals surface area contributed by atoms with Gasteiger partial charge in [0.1, 0.15) is 17.2 Å². The van der Waals surface area contributed by atoms with Gasteiger partial charge in [0.2, 0.25) is 5.91 Å². The molecule has 1 N–H and O–H groups in total. The van der Waals surface area contributed by atoms with Crippen LogP contribution in [0.5, 0.6) is 17.2 Å². The zero-order valence-corrected chi connectivity index (χ0v) is 14.1. The number of nitrogens with one attached hydrogen (secondary N) is 1. The topological polar surface area (TPSA) is 56.8 Å². The number of thioether (sulfide) groups is 1. The molecule has 0 saturated carbocycles. The van der Waals surface area contributed by atoms with Crippen LogP contribution in [0.1, 0.15) is 0 Å². The molecule has 1 amide bonds. The molecule has 6 heteroatoms. The lowest BCUT2D eigenvalue weighted by Crippen LogP contribution is -2.14. The third-order valence-electron chi connectivity index (χ3n) is 3.11. The lowest BCUT2D eigenvalue weighted by Gasteiger charge is -2.11. The maximum atomic E-state index is 12.1. The zero-order chi connectivity index (χ0) is 16.7. The molecule has 0 atom stereocenters. The molecule has 0 heterocycles. The number of ether oxygens (including phenoxy) is 3. The minimum absolute atomic E-state index is 0.114. The predicted octanol–water partition coefficient (Wildman–Crippen LogP) is 3.44. The van der Waals surface area contributed by atoms with Gasteiger partial charge < -0.3 is 19.5 Å². The van der Waals surface area contributed by atoms with Gasteiger partial charge >= 0.3 is 0 Å². The van der Waals surface area contributed by atoms with Crippen molar-refractivity contribution in [3.63, 3.8) is 0 Å². The minimum atomic E-state index is -0.114. The summed E-state index contributed by atoms with van der Waals surface area (Å²) in [6.07, 6.45) is 0. The molecular weight excluding hydrogens is 314 g/mol. The fourth-order valence-electron chi connectivity index (χ4n) is 1.92. The van der Waals surface area contributed by atoms with Crippen LogP contribution in [0, 0.1) is 0 Å². The van der Waals surface area contributed by atoms with Gasteiger partial charge in [-0.2, -0.15) is 0 Å². The highest BCUT2D eigenvalue weighted by Crippen LogP contribution is 2.29. The summed E-state index contributed by atoms with van der Waals surface area (Å²) in [4.78, 5) is 13.1. The fourth-order valence-corrected chi connectivity index (χ4v) is 2.62. The van der Waals surface area contributed by atoms with Crippen LogP contribution in [0.4, 0.5) is 5.69 Å². The first-order valence-corrected chi connectivity index (χ1v) is 7.93. The quantitative estimate of drug-likeness (QED) is 0.787. The van der Waals surface area contributed by atoms with Crippen LogP contribution in [-0.4, -0.2) is 33.0 Å². The number of hydrogen-bond acceptors (Lipinski definition) is 5. The first-order chi connectivity index (χ1) is 11.2. The average molecular weight is 333 g/mol. The van der Waals surface area contributed by atoms with E-state index in [-0.39, 0.29) is 5.91 Å². The van der Waals surface area contributed by atoms with E-state index >= 15 is 0 Å². The van der Waals surface area contributed by atoms with Gasteiger partial charge in [-0.1, -0.05) is 0 Å². The highest BCUT2D eigenvalue weighted by Gasteiger charge is 2.09. The highest BCUT2D eigenvalue weighted by atomic mass is 32.2. The molecular formula is C17H19NO4S. The van der Waals surface area contributed by atoms with Gasteiger partial charge in [0.25, 0.3) is 0 Å². The Labute approximate surface area is 139 Å². The smallest absolute Gasteiger partial charge is 0.234 e. The van der Waals surface area contributed by atoms with Crippen molar-refractivity contribution in [1.82, 2.24) is 0 Å². The summed E-state index contributed by atoms with van der Waals surface area (Å²) in [5, 5.41) is 2.84. The van der Waals surface area contributed by atoms with E-state index in [1.165, 1.54) is 11.8 Å². The second kappa shape index (κ2) is 8.33. The molecule has 0 aromatic heterocycles. The van der Waals surface area contributed by atoms with E-state index in [4.69, 9.17) is 14.2 Å². The molecule has 0 saturated heterocycles. The van der Waals surface area contributed by atoms with Crippen molar-refractivity contribution in [2.75, 3.05) is 32.4 Å². The summed E-state index contributed by atoms with van der Waals surface area (Å²) in [6, 6.07) is 12.8. The molecule has 23 heavy (non-hydrogen) atoms. The van der Waals surface area contributed by atoms with Gasteiger partial charge in [-0.3, -0.25) is 4.79 Å². The standard InChI is InChI=1S/C17H19NO4S/c1-20-12-4-7-14(8-5-12)23-11-17(19)18-15-10-13(21-2)6-9-16(15)22-3/h4-10H,11H2,1-3H3,(H,18,19). The Kier molecular flexibility index (Phi) is 6.17. The van der Waals surface area contributed by atoms with Gasteiger partial charge in [-0.15, -0.1) is 11.8 Å². The molecule has 0 radical (unpaired) electrons. The highest BCUT2D eigenvalue weighted by molar-refractivity contribution is 8.00. The summed E-state index contributed by atoms with van der Waals surface area (Å²) < 4.78 is 15.5. The number of amides is 1. The molecule has 5 nitrogen and oxygen atoms in total. The van der Waals surface area contributed by atoms with Crippen molar-refractivity contribution in [2.45, 2.75) is 4.90 Å². The van der Waals surface area contributed by atoms with Gasteiger partial charge in [-0.25, -0.2) is 0 Å². The summed E-state index contributed by atoms with van der Waals surface area (Å²) in [7, 11) is 4.76. The number of methoxy groups -OCH3 is 3. The van der Waals surface area contributed by atoms with Gasteiger partial charge in [-0.05, 0) is 36.4 Å². The van der Waals surface area contributed by atoms with Crippen LogP contribution in [-0.2, 0) is 4.79 Å². The van der Waals surface area contributed by atoms with E-state index in [9.17, 15) is 4.79 Å². The molecule has 0 aliphatic heterocycles. The van der Waals surface area contributed by atoms with Crippen LogP contribution in [0.25, 0.3) is 0 Å². The van der Waals surface area contributed by atoms with Crippen LogP contribution in [0.15, 0.2) is 47.4 Å². The number of rotatable bonds is 7. The Morgan fingerprint density at radius 1 is 0.957 bits per heavy atom. The Morgan fingerprint density at radius 2 is 1.61 bits per heavy atom. The molecule has 0 unspecified atom stereocenters. The van der Waals surface area contributed by atoms with Crippen molar-refractivity contribution >= 4 is 23.4 Å². The molecule has 2 rings (SSSR count). The second-order valence-corrected chi connectivity index (χ2v) is 5.63. The van der Waals surface area contributed by atoms with Crippen LogP contribution >= 0.6 is 11.8 Å². The van der Waals surface area contributed by atoms with Crippen molar-refractivity contribution in [2.24, 2.45) is 0 Å². The molecule has 0 aliphatic rings. The number of hydrogen-bond donors (Lipinski definition) is 1. The number of carbonyl (C=O) groups excluding carboxylic acids is 1. The predicted molar refractivity (Wildman–Crippen MR) is 91.9 cm³/mol. The molecule has 0 fully saturated rings. The Balaban J connectivity index is 1.96. The number of carbonyl (C=O) groups is 1. The largest absolute Gasteiger partial charge is 0.497 e. The molecule has 2 aromatic carbocycles. The molecule has 122 valence electrons. The van der Waals surface area contributed by atoms with E-state index in [0.717, 1.165) is 10.6 Å². The summed E-state index contributed by atoms with van der Waals surface area (Å²) >= 11 is 1.45. The normalized spacial score (nSPS) is 10.0. The number of benzene rings is 2. The summed E-state index contributed by atoms with van der Waals surface area (Å²) in [5.41, 5.74) is 0.590. The van der Waals surface area contributed by atoms with Crippen molar-refractivity contribution < 1.29 is 19.0 Å². The maximum absolute atomic E-state index is 12.1. The van der Waals surface area contributed by atoms with E-state index in [0.29, 0.717) is 22.9 Å². The molecule has 0 spiro atoms. The lowest BCUT2D eigenvalue weighted by molar-refractivity contribution is -0.113. The first kappa shape index (κ1) is 17.0. The number of anilines is 1. The maximum Gasteiger partial charge on any atom is 0.234 e. The SMILES string of the molecule is COc1ccc(SCC(=O)Nc2cc(OC)ccc2OC)cc1. The third-order valence-corrected chi connectivity index (χ3v) is 4.12. The van der Waals surface area contributed by atoms with Gasteiger partial charge in [0.15, 0.2) is 0 Å². The van der Waals surface area contributed by atoms with Crippen molar-refractivity contribution in [1.29, 1.82) is 0 Å². The van der Waals surface area contributed by atoms with Gasteiger partial charge in [0.05, 0.1) is 32.8 Å². The second-order valence-electron chi connectivity index (χ2n) is 4.58. The monoisotopic (exact) mass is 333 g/mol. The minimum Gasteiger partial charge on any atom is -0.497 e. The third kappa shape index (κ3) is 4.82. The van der Waals surface area contributed by atoms with E-state index in [1.807, 2.05) is 24.3 Å². The Hall–Kier alpha value is -2.34. The fraction of sp³-hybridized carbons (Fsp3) is 0.235. The Morgan fingerprint density at radius 3 is 2.22 bits per heavy atom. The summed E-state index contributed by atoms with van der Waals surface area (Å²) in [5.74, 6) is 2.22. The molecule has 0 bridgehead atoms. The van der Waals surface area contributed by atoms with Gasteiger partial charge in [0, 0.05) is 11.0 Å². The average Bonchev–Trinajstić information content (AvgIpc) is 2.60. The lowest BCUT2D eigenvalue weighted by atomic mass is 10.2. The van der Waals surface area contributed by atoms with E-state index in [1.54, 1.807) is 39.5 Å². The summed E-state index contributed by atoms with van der Waals surface area (Å²) in [6.45, 7) is 0. The van der Waals surface area contributed by atoms with E-state index < -0.39 is 0 Å². The Bertz CT molecular complexity index is 658. The van der Waals surface area contributed by atoms with E-state index in [2.05, 4.69) is 5.32 Å². The zero-order valence-electron chi connectivity index (χ0n) is 13.3. The van der Waals surface area contributed by atoms with Crippen molar-refractivity contribution in [3.8, 4) is 17.2 Å². The van der Waals surface area contributed by atoms with Crippen LogP contribution < -0.4 is 19.5 Å². The molecule has 0 aliphatic carbocycles. The van der Waals surface area contributed by atoms with Crippen LogP contribution in [0.2, 0.25) is 0 Å².